The molecular formula is C23H18FN9O. The number of carbonyl (C=O) groups excluding carboxylic acids is 1. The van der Waals surface area contributed by atoms with Crippen LogP contribution in [0.5, 0.6) is 0 Å². The average molecular weight is 455 g/mol. The number of fused-ring (bicyclic) bond motifs is 1. The summed E-state index contributed by atoms with van der Waals surface area (Å²) >= 11 is 0. The van der Waals surface area contributed by atoms with Crippen LogP contribution in [0.1, 0.15) is 16.1 Å². The van der Waals surface area contributed by atoms with Crippen LogP contribution in [0.3, 0.4) is 0 Å². The smallest absolute Gasteiger partial charge is 0.269 e. The number of aromatic nitrogens is 6. The molecule has 0 spiro atoms. The predicted molar refractivity (Wildman–Crippen MR) is 125 cm³/mol. The number of aromatic amines is 1. The van der Waals surface area contributed by atoms with Gasteiger partial charge in [0, 0.05) is 28.9 Å². The molecule has 3 heterocycles. The van der Waals surface area contributed by atoms with Crippen molar-refractivity contribution in [2.75, 3.05) is 11.1 Å². The van der Waals surface area contributed by atoms with Gasteiger partial charge in [0.2, 0.25) is 5.95 Å². The predicted octanol–water partition coefficient (Wildman–Crippen LogP) is 3.35. The molecule has 0 fully saturated rings. The first-order chi connectivity index (χ1) is 16.4. The van der Waals surface area contributed by atoms with E-state index in [1.807, 2.05) is 19.1 Å². The molecule has 11 heteroatoms. The number of carbonyl (C=O) groups is 1. The Bertz CT molecular complexity index is 1550. The first-order valence-electron chi connectivity index (χ1n) is 10.2. The molecule has 6 N–H and O–H groups in total. The number of amides is 1. The number of nitrogen functional groups attached to an aromatic ring is 1. The summed E-state index contributed by atoms with van der Waals surface area (Å²) in [5.41, 5.74) is 15.0. The first-order valence-corrected chi connectivity index (χ1v) is 10.2. The third-order valence-electron chi connectivity index (χ3n) is 5.28. The summed E-state index contributed by atoms with van der Waals surface area (Å²) < 4.78 is 14.3. The van der Waals surface area contributed by atoms with Crippen molar-refractivity contribution in [3.63, 3.8) is 0 Å². The first kappa shape index (κ1) is 20.9. The van der Waals surface area contributed by atoms with E-state index in [4.69, 9.17) is 11.5 Å². The second kappa shape index (κ2) is 8.20. The van der Waals surface area contributed by atoms with E-state index in [-0.39, 0.29) is 28.5 Å². The maximum Gasteiger partial charge on any atom is 0.269 e. The van der Waals surface area contributed by atoms with E-state index in [1.165, 1.54) is 18.2 Å². The summed E-state index contributed by atoms with van der Waals surface area (Å²) in [6.07, 6.45) is 4.77. The van der Waals surface area contributed by atoms with Crippen molar-refractivity contribution in [1.29, 1.82) is 0 Å². The molecule has 2 aromatic carbocycles. The van der Waals surface area contributed by atoms with Crippen LogP contribution < -0.4 is 16.8 Å². The molecule has 0 radical (unpaired) electrons. The zero-order valence-corrected chi connectivity index (χ0v) is 17.9. The van der Waals surface area contributed by atoms with Crippen LogP contribution in [0.15, 0.2) is 55.0 Å². The van der Waals surface area contributed by atoms with Crippen LogP contribution in [-0.4, -0.2) is 36.0 Å². The number of H-pyrrole nitrogens is 1. The summed E-state index contributed by atoms with van der Waals surface area (Å²) in [6.45, 7) is 1.88. The van der Waals surface area contributed by atoms with Gasteiger partial charge in [0.15, 0.2) is 11.5 Å². The van der Waals surface area contributed by atoms with Crippen LogP contribution >= 0.6 is 0 Å². The van der Waals surface area contributed by atoms with Gasteiger partial charge in [-0.05, 0) is 42.8 Å². The Balaban J connectivity index is 1.77. The number of anilines is 3. The van der Waals surface area contributed by atoms with E-state index in [2.05, 4.69) is 35.5 Å². The Morgan fingerprint density at radius 3 is 2.68 bits per heavy atom. The van der Waals surface area contributed by atoms with Gasteiger partial charge in [0.05, 0.1) is 28.8 Å². The number of nitrogens with one attached hydrogen (secondary N) is 2. The number of primary amides is 1. The van der Waals surface area contributed by atoms with Gasteiger partial charge >= 0.3 is 0 Å². The lowest BCUT2D eigenvalue weighted by Crippen LogP contribution is -2.18. The van der Waals surface area contributed by atoms with Gasteiger partial charge in [-0.25, -0.2) is 24.3 Å². The number of hydrogen-bond acceptors (Lipinski definition) is 8. The third-order valence-corrected chi connectivity index (χ3v) is 5.28. The Hall–Kier alpha value is -4.93. The highest BCUT2D eigenvalue weighted by molar-refractivity contribution is 6.04. The summed E-state index contributed by atoms with van der Waals surface area (Å²) in [7, 11) is 0. The minimum Gasteiger partial charge on any atom is -0.395 e. The van der Waals surface area contributed by atoms with Gasteiger partial charge in [-0.2, -0.15) is 5.10 Å². The van der Waals surface area contributed by atoms with E-state index in [0.29, 0.717) is 17.2 Å². The van der Waals surface area contributed by atoms with E-state index in [1.54, 1.807) is 24.7 Å². The molecule has 0 bridgehead atoms. The van der Waals surface area contributed by atoms with E-state index in [9.17, 15) is 9.18 Å². The highest BCUT2D eigenvalue weighted by Gasteiger charge is 2.22. The maximum atomic E-state index is 14.3. The third kappa shape index (κ3) is 3.64. The number of halogens is 1. The van der Waals surface area contributed by atoms with Gasteiger partial charge in [0.25, 0.3) is 5.91 Å². The second-order valence-electron chi connectivity index (χ2n) is 7.50. The number of aryl methyl sites for hydroxylation is 1. The normalized spacial score (nSPS) is 11.0. The lowest BCUT2D eigenvalue weighted by atomic mass is 9.99. The SMILES string of the molecule is Cc1ccc2[nH]ncc2c1-c1nc(-c2cc(F)ccc2Nc2ncccn2)nc(C(N)=O)c1N. The van der Waals surface area contributed by atoms with Crippen LogP contribution in [0, 0.1) is 12.7 Å². The molecular weight excluding hydrogens is 437 g/mol. The number of rotatable bonds is 5. The Labute approximate surface area is 192 Å². The standard InChI is InChI=1S/C23H18FN9O/c1-11-3-5-16-14(10-29-33-16)17(11)19-18(25)20(21(26)34)32-22(31-19)13-9-12(24)4-6-15(13)30-23-27-7-2-8-28-23/h2-10H,25H2,1H3,(H2,26,34)(H,29,33)(H,27,28,30). The molecule has 168 valence electrons. The van der Waals surface area contributed by atoms with Crippen molar-refractivity contribution in [1.82, 2.24) is 30.1 Å². The van der Waals surface area contributed by atoms with Crippen LogP contribution in [-0.2, 0) is 0 Å². The molecule has 0 aliphatic carbocycles. The molecule has 5 rings (SSSR count). The molecule has 0 aliphatic heterocycles. The van der Waals surface area contributed by atoms with Gasteiger partial charge in [-0.15, -0.1) is 0 Å². The fourth-order valence-electron chi connectivity index (χ4n) is 3.70. The van der Waals surface area contributed by atoms with E-state index in [0.717, 1.165) is 16.5 Å². The van der Waals surface area contributed by atoms with Crippen molar-refractivity contribution in [2.24, 2.45) is 5.73 Å². The zero-order chi connectivity index (χ0) is 23.8. The Morgan fingerprint density at radius 2 is 1.91 bits per heavy atom. The quantitative estimate of drug-likeness (QED) is 0.314. The molecule has 0 aliphatic rings. The molecule has 0 saturated heterocycles. The number of nitrogens with two attached hydrogens (primary N) is 2. The summed E-state index contributed by atoms with van der Waals surface area (Å²) in [5.74, 6) is -1.02. The van der Waals surface area contributed by atoms with Gasteiger partial charge < -0.3 is 16.8 Å². The Morgan fingerprint density at radius 1 is 1.12 bits per heavy atom. The van der Waals surface area contributed by atoms with Crippen molar-refractivity contribution >= 4 is 34.1 Å². The monoisotopic (exact) mass is 455 g/mol. The van der Waals surface area contributed by atoms with Gasteiger partial charge in [-0.1, -0.05) is 6.07 Å². The molecule has 10 nitrogen and oxygen atoms in total. The van der Waals surface area contributed by atoms with Gasteiger partial charge in [0.1, 0.15) is 5.82 Å². The summed E-state index contributed by atoms with van der Waals surface area (Å²) in [4.78, 5) is 29.5. The topological polar surface area (TPSA) is 161 Å². The molecule has 34 heavy (non-hydrogen) atoms. The molecule has 0 saturated carbocycles. The van der Waals surface area contributed by atoms with Crippen molar-refractivity contribution in [3.8, 4) is 22.6 Å². The number of benzene rings is 2. The number of nitrogens with zero attached hydrogens (tertiary/aromatic N) is 5. The highest BCUT2D eigenvalue weighted by Crippen LogP contribution is 2.37. The average Bonchev–Trinajstić information content (AvgIpc) is 3.30. The summed E-state index contributed by atoms with van der Waals surface area (Å²) in [5, 5.41) is 10.8. The van der Waals surface area contributed by atoms with E-state index < -0.39 is 11.7 Å². The number of hydrogen-bond donors (Lipinski definition) is 4. The van der Waals surface area contributed by atoms with Crippen LogP contribution in [0.4, 0.5) is 21.7 Å². The second-order valence-corrected chi connectivity index (χ2v) is 7.50. The van der Waals surface area contributed by atoms with Crippen LogP contribution in [0.25, 0.3) is 33.5 Å². The lowest BCUT2D eigenvalue weighted by molar-refractivity contribution is 0.0996. The van der Waals surface area contributed by atoms with Crippen molar-refractivity contribution in [3.05, 3.63) is 72.1 Å². The maximum absolute atomic E-state index is 14.3. The highest BCUT2D eigenvalue weighted by atomic mass is 19.1. The minimum atomic E-state index is -0.836. The molecule has 0 atom stereocenters. The fourth-order valence-corrected chi connectivity index (χ4v) is 3.70. The summed E-state index contributed by atoms with van der Waals surface area (Å²) in [6, 6.07) is 9.46. The minimum absolute atomic E-state index is 0.0188. The molecule has 0 unspecified atom stereocenters. The van der Waals surface area contributed by atoms with Gasteiger partial charge in [-0.3, -0.25) is 9.89 Å². The largest absolute Gasteiger partial charge is 0.395 e. The lowest BCUT2D eigenvalue weighted by Gasteiger charge is -2.15. The molecule has 5 aromatic rings. The fraction of sp³-hybridized carbons (Fsp3) is 0.0435. The van der Waals surface area contributed by atoms with E-state index >= 15 is 0 Å². The van der Waals surface area contributed by atoms with Crippen molar-refractivity contribution < 1.29 is 9.18 Å². The molecule has 1 amide bonds. The zero-order valence-electron chi connectivity index (χ0n) is 17.9. The Kier molecular flexibility index (Phi) is 5.05. The molecule has 3 aromatic heterocycles. The van der Waals surface area contributed by atoms with Crippen LogP contribution in [0.2, 0.25) is 0 Å². The van der Waals surface area contributed by atoms with Crippen molar-refractivity contribution in [2.45, 2.75) is 6.92 Å².